The predicted octanol–water partition coefficient (Wildman–Crippen LogP) is 3.29. The van der Waals surface area contributed by atoms with Crippen molar-refractivity contribution < 1.29 is 14.4 Å². The van der Waals surface area contributed by atoms with E-state index in [1.807, 2.05) is 51.7 Å². The molecule has 2 atom stereocenters. The van der Waals surface area contributed by atoms with Crippen LogP contribution in [-0.4, -0.2) is 47.8 Å². The number of aryl methyl sites for hydroxylation is 1. The molecule has 1 fully saturated rings. The van der Waals surface area contributed by atoms with Crippen LogP contribution < -0.4 is 10.6 Å². The van der Waals surface area contributed by atoms with Gasteiger partial charge >= 0.3 is 0 Å². The third-order valence-corrected chi connectivity index (χ3v) is 5.83. The lowest BCUT2D eigenvalue weighted by molar-refractivity contribution is -0.133. The Morgan fingerprint density at radius 3 is 2.17 bits per heavy atom. The summed E-state index contributed by atoms with van der Waals surface area (Å²) in [5.74, 6) is 0.131. The minimum absolute atomic E-state index is 0.00607. The maximum absolute atomic E-state index is 13.0. The SMILES string of the molecule is CCC(C)NC(=O)C(NC(=O)c1ccc(C)cc1)C1CCN(C(=O)CC(C)C)CC1. The maximum Gasteiger partial charge on any atom is 0.251 e. The molecule has 0 aromatic heterocycles. The monoisotopic (exact) mass is 415 g/mol. The van der Waals surface area contributed by atoms with Crippen LogP contribution in [0.4, 0.5) is 0 Å². The molecule has 2 rings (SSSR count). The van der Waals surface area contributed by atoms with E-state index in [-0.39, 0.29) is 29.7 Å². The second-order valence-electron chi connectivity index (χ2n) is 8.95. The summed E-state index contributed by atoms with van der Waals surface area (Å²) in [6.07, 6.45) is 2.78. The Morgan fingerprint density at radius 2 is 1.63 bits per heavy atom. The molecule has 1 saturated heterocycles. The molecule has 1 aliphatic rings. The van der Waals surface area contributed by atoms with Gasteiger partial charge in [-0.25, -0.2) is 0 Å². The van der Waals surface area contributed by atoms with Crippen molar-refractivity contribution >= 4 is 17.7 Å². The Balaban J connectivity index is 2.08. The molecule has 0 spiro atoms. The number of carbonyl (C=O) groups is 3. The van der Waals surface area contributed by atoms with Crippen LogP contribution >= 0.6 is 0 Å². The van der Waals surface area contributed by atoms with Gasteiger partial charge in [0.2, 0.25) is 11.8 Å². The van der Waals surface area contributed by atoms with Gasteiger partial charge in [-0.05, 0) is 57.1 Å². The molecular weight excluding hydrogens is 378 g/mol. The van der Waals surface area contributed by atoms with Crippen LogP contribution in [0, 0.1) is 18.8 Å². The number of hydrogen-bond donors (Lipinski definition) is 2. The van der Waals surface area contributed by atoms with E-state index in [2.05, 4.69) is 10.6 Å². The molecule has 1 aliphatic heterocycles. The molecular formula is C24H37N3O3. The van der Waals surface area contributed by atoms with Crippen molar-refractivity contribution in [1.82, 2.24) is 15.5 Å². The Labute approximate surface area is 180 Å². The maximum atomic E-state index is 13.0. The number of hydrogen-bond acceptors (Lipinski definition) is 3. The van der Waals surface area contributed by atoms with Crippen molar-refractivity contribution in [3.05, 3.63) is 35.4 Å². The molecule has 3 amide bonds. The number of benzene rings is 1. The van der Waals surface area contributed by atoms with Crippen molar-refractivity contribution in [2.45, 2.75) is 72.4 Å². The third kappa shape index (κ3) is 6.85. The average Bonchev–Trinajstić information content (AvgIpc) is 2.71. The van der Waals surface area contributed by atoms with Gasteiger partial charge in [0.25, 0.3) is 5.91 Å². The van der Waals surface area contributed by atoms with Crippen molar-refractivity contribution in [3.63, 3.8) is 0 Å². The first kappa shape index (κ1) is 23.9. The minimum atomic E-state index is -0.602. The number of likely N-dealkylation sites (tertiary alicyclic amines) is 1. The Morgan fingerprint density at radius 1 is 1.03 bits per heavy atom. The van der Waals surface area contributed by atoms with Gasteiger partial charge < -0.3 is 15.5 Å². The van der Waals surface area contributed by atoms with Crippen molar-refractivity contribution in [3.8, 4) is 0 Å². The number of nitrogens with one attached hydrogen (secondary N) is 2. The van der Waals surface area contributed by atoms with E-state index in [1.54, 1.807) is 12.1 Å². The minimum Gasteiger partial charge on any atom is -0.352 e. The number of amides is 3. The van der Waals surface area contributed by atoms with E-state index >= 15 is 0 Å². The lowest BCUT2D eigenvalue weighted by Crippen LogP contribution is -2.55. The summed E-state index contributed by atoms with van der Waals surface area (Å²) in [5, 5.41) is 5.99. The van der Waals surface area contributed by atoms with Gasteiger partial charge in [-0.15, -0.1) is 0 Å². The highest BCUT2D eigenvalue weighted by molar-refractivity contribution is 5.97. The fraction of sp³-hybridized carbons (Fsp3) is 0.625. The normalized spacial score (nSPS) is 16.8. The summed E-state index contributed by atoms with van der Waals surface area (Å²) >= 11 is 0. The summed E-state index contributed by atoms with van der Waals surface area (Å²) < 4.78 is 0. The molecule has 1 heterocycles. The predicted molar refractivity (Wildman–Crippen MR) is 119 cm³/mol. The highest BCUT2D eigenvalue weighted by Gasteiger charge is 2.34. The van der Waals surface area contributed by atoms with E-state index in [4.69, 9.17) is 0 Å². The topological polar surface area (TPSA) is 78.5 Å². The smallest absolute Gasteiger partial charge is 0.251 e. The van der Waals surface area contributed by atoms with E-state index in [0.717, 1.165) is 12.0 Å². The van der Waals surface area contributed by atoms with E-state index in [1.165, 1.54) is 0 Å². The molecule has 1 aromatic carbocycles. The molecule has 6 nitrogen and oxygen atoms in total. The molecule has 0 saturated carbocycles. The number of piperidine rings is 1. The van der Waals surface area contributed by atoms with Crippen molar-refractivity contribution in [2.75, 3.05) is 13.1 Å². The van der Waals surface area contributed by atoms with Crippen LogP contribution in [0.3, 0.4) is 0 Å². The molecule has 6 heteroatoms. The Bertz CT molecular complexity index is 722. The second-order valence-corrected chi connectivity index (χ2v) is 8.95. The largest absolute Gasteiger partial charge is 0.352 e. The first-order chi connectivity index (χ1) is 14.2. The van der Waals surface area contributed by atoms with Gasteiger partial charge in [0, 0.05) is 31.1 Å². The van der Waals surface area contributed by atoms with Crippen LogP contribution in [0.2, 0.25) is 0 Å². The highest BCUT2D eigenvalue weighted by Crippen LogP contribution is 2.23. The van der Waals surface area contributed by atoms with E-state index in [0.29, 0.717) is 43.8 Å². The Kier molecular flexibility index (Phi) is 8.88. The fourth-order valence-corrected chi connectivity index (χ4v) is 3.72. The number of carbonyl (C=O) groups excluding carboxylic acids is 3. The second kappa shape index (κ2) is 11.1. The standard InChI is InChI=1S/C24H37N3O3/c1-6-18(5)25-24(30)22(26-23(29)20-9-7-17(4)8-10-20)19-11-13-27(14-12-19)21(28)15-16(2)3/h7-10,16,18-19,22H,6,11-15H2,1-5H3,(H,25,30)(H,26,29). The van der Waals surface area contributed by atoms with Crippen LogP contribution in [-0.2, 0) is 9.59 Å². The zero-order chi connectivity index (χ0) is 22.3. The fourth-order valence-electron chi connectivity index (χ4n) is 3.72. The first-order valence-electron chi connectivity index (χ1n) is 11.2. The zero-order valence-electron chi connectivity index (χ0n) is 19.0. The van der Waals surface area contributed by atoms with Gasteiger partial charge in [0.1, 0.15) is 6.04 Å². The summed E-state index contributed by atoms with van der Waals surface area (Å²) in [5.41, 5.74) is 1.63. The summed E-state index contributed by atoms with van der Waals surface area (Å²) in [7, 11) is 0. The lowest BCUT2D eigenvalue weighted by atomic mass is 9.88. The molecule has 2 unspecified atom stereocenters. The van der Waals surface area contributed by atoms with E-state index < -0.39 is 6.04 Å². The molecule has 2 N–H and O–H groups in total. The number of nitrogens with zero attached hydrogens (tertiary/aromatic N) is 1. The van der Waals surface area contributed by atoms with E-state index in [9.17, 15) is 14.4 Å². The summed E-state index contributed by atoms with van der Waals surface area (Å²) in [6.45, 7) is 11.3. The van der Waals surface area contributed by atoms with Crippen molar-refractivity contribution in [2.24, 2.45) is 11.8 Å². The van der Waals surface area contributed by atoms with Gasteiger partial charge in [0.05, 0.1) is 0 Å². The number of rotatable bonds is 8. The molecule has 0 aliphatic carbocycles. The summed E-state index contributed by atoms with van der Waals surface area (Å²) in [6, 6.07) is 6.78. The van der Waals surface area contributed by atoms with Gasteiger partial charge in [-0.3, -0.25) is 14.4 Å². The highest BCUT2D eigenvalue weighted by atomic mass is 16.2. The van der Waals surface area contributed by atoms with Crippen LogP contribution in [0.15, 0.2) is 24.3 Å². The van der Waals surface area contributed by atoms with Crippen molar-refractivity contribution in [1.29, 1.82) is 0 Å². The molecule has 1 aromatic rings. The molecule has 0 bridgehead atoms. The molecule has 166 valence electrons. The van der Waals surface area contributed by atoms with Crippen LogP contribution in [0.5, 0.6) is 0 Å². The van der Waals surface area contributed by atoms with Gasteiger partial charge in [-0.2, -0.15) is 0 Å². The third-order valence-electron chi connectivity index (χ3n) is 5.83. The van der Waals surface area contributed by atoms with Crippen LogP contribution in [0.25, 0.3) is 0 Å². The van der Waals surface area contributed by atoms with Crippen LogP contribution in [0.1, 0.15) is 69.3 Å². The molecule has 0 radical (unpaired) electrons. The quantitative estimate of drug-likeness (QED) is 0.684. The average molecular weight is 416 g/mol. The first-order valence-corrected chi connectivity index (χ1v) is 11.2. The lowest BCUT2D eigenvalue weighted by Gasteiger charge is -2.36. The van der Waals surface area contributed by atoms with Gasteiger partial charge in [-0.1, -0.05) is 38.5 Å². The summed E-state index contributed by atoms with van der Waals surface area (Å²) in [4.78, 5) is 40.1. The van der Waals surface area contributed by atoms with Gasteiger partial charge in [0.15, 0.2) is 0 Å². The molecule has 30 heavy (non-hydrogen) atoms. The zero-order valence-corrected chi connectivity index (χ0v) is 19.0. The Hall–Kier alpha value is -2.37.